The lowest BCUT2D eigenvalue weighted by Gasteiger charge is -2.28. The minimum atomic E-state index is 1.01. The van der Waals surface area contributed by atoms with Crippen molar-refractivity contribution in [2.75, 3.05) is 31.1 Å². The highest BCUT2D eigenvalue weighted by Crippen LogP contribution is 2.33. The summed E-state index contributed by atoms with van der Waals surface area (Å²) >= 11 is 0. The zero-order chi connectivity index (χ0) is 20.7. The zero-order valence-electron chi connectivity index (χ0n) is 17.8. The molecule has 0 atom stereocenters. The van der Waals surface area contributed by atoms with Crippen molar-refractivity contribution in [3.63, 3.8) is 0 Å². The van der Waals surface area contributed by atoms with E-state index in [9.17, 15) is 0 Å². The first-order chi connectivity index (χ1) is 14.6. The number of aryl methyl sites for hydroxylation is 3. The lowest BCUT2D eigenvalue weighted by molar-refractivity contribution is 0.585. The fourth-order valence-electron chi connectivity index (χ4n) is 4.42. The van der Waals surface area contributed by atoms with Crippen molar-refractivity contribution in [2.24, 2.45) is 0 Å². The molecule has 5 heteroatoms. The Hall–Kier alpha value is -3.18. The SMILES string of the molecule is Cc1cc(-c2ccc3c(C)c(-c4ccc(N5CCNCC5)nc4)[nH]c3c2)cc(C)n1. The molecule has 0 bridgehead atoms. The van der Waals surface area contributed by atoms with Crippen LogP contribution in [0.5, 0.6) is 0 Å². The monoisotopic (exact) mass is 397 g/mol. The second-order valence-electron chi connectivity index (χ2n) is 8.17. The Labute approximate surface area is 177 Å². The van der Waals surface area contributed by atoms with Crippen LogP contribution in [0.25, 0.3) is 33.3 Å². The van der Waals surface area contributed by atoms with Crippen LogP contribution < -0.4 is 10.2 Å². The van der Waals surface area contributed by atoms with Gasteiger partial charge in [0.2, 0.25) is 0 Å². The molecular weight excluding hydrogens is 370 g/mol. The molecule has 1 fully saturated rings. The number of hydrogen-bond donors (Lipinski definition) is 2. The van der Waals surface area contributed by atoms with Crippen LogP contribution in [0.1, 0.15) is 17.0 Å². The molecule has 1 saturated heterocycles. The third-order valence-corrected chi connectivity index (χ3v) is 5.95. The van der Waals surface area contributed by atoms with Crippen LogP contribution in [0.3, 0.4) is 0 Å². The number of aromatic nitrogens is 3. The first-order valence-corrected chi connectivity index (χ1v) is 10.6. The van der Waals surface area contributed by atoms with Gasteiger partial charge in [0.25, 0.3) is 0 Å². The lowest BCUT2D eigenvalue weighted by atomic mass is 10.0. The van der Waals surface area contributed by atoms with Gasteiger partial charge in [0, 0.05) is 60.2 Å². The minimum Gasteiger partial charge on any atom is -0.354 e. The van der Waals surface area contributed by atoms with E-state index in [0.717, 1.165) is 60.2 Å². The van der Waals surface area contributed by atoms with Gasteiger partial charge in [-0.1, -0.05) is 12.1 Å². The van der Waals surface area contributed by atoms with E-state index in [0.29, 0.717) is 0 Å². The number of aromatic amines is 1. The van der Waals surface area contributed by atoms with Crippen LogP contribution in [0, 0.1) is 20.8 Å². The quantitative estimate of drug-likeness (QED) is 0.529. The molecule has 0 amide bonds. The molecule has 3 aromatic heterocycles. The maximum absolute atomic E-state index is 4.75. The Kier molecular flexibility index (Phi) is 4.75. The van der Waals surface area contributed by atoms with Gasteiger partial charge in [-0.25, -0.2) is 4.98 Å². The number of hydrogen-bond acceptors (Lipinski definition) is 4. The normalized spacial score (nSPS) is 14.4. The van der Waals surface area contributed by atoms with Crippen LogP contribution >= 0.6 is 0 Å². The van der Waals surface area contributed by atoms with Crippen LogP contribution in [0.15, 0.2) is 48.7 Å². The Morgan fingerprint density at radius 3 is 2.27 bits per heavy atom. The summed E-state index contributed by atoms with van der Waals surface area (Å²) in [6.45, 7) is 10.3. The van der Waals surface area contributed by atoms with Gasteiger partial charge < -0.3 is 15.2 Å². The smallest absolute Gasteiger partial charge is 0.128 e. The first-order valence-electron chi connectivity index (χ1n) is 10.6. The fourth-order valence-corrected chi connectivity index (χ4v) is 4.42. The number of rotatable bonds is 3. The van der Waals surface area contributed by atoms with Crippen LogP contribution in [-0.2, 0) is 0 Å². The van der Waals surface area contributed by atoms with Crippen molar-refractivity contribution in [1.82, 2.24) is 20.3 Å². The minimum absolute atomic E-state index is 1.01. The molecule has 5 nitrogen and oxygen atoms in total. The predicted octanol–water partition coefficient (Wildman–Crippen LogP) is 4.63. The summed E-state index contributed by atoms with van der Waals surface area (Å²) in [6, 6.07) is 15.3. The number of pyridine rings is 2. The third kappa shape index (κ3) is 3.46. The molecule has 5 rings (SSSR count). The van der Waals surface area contributed by atoms with Crippen molar-refractivity contribution in [1.29, 1.82) is 0 Å². The molecular formula is C25H27N5. The number of nitrogens with zero attached hydrogens (tertiary/aromatic N) is 3. The van der Waals surface area contributed by atoms with Crippen LogP contribution in [-0.4, -0.2) is 41.1 Å². The van der Waals surface area contributed by atoms with Gasteiger partial charge in [-0.05, 0) is 67.8 Å². The van der Waals surface area contributed by atoms with Crippen molar-refractivity contribution < 1.29 is 0 Å². The van der Waals surface area contributed by atoms with Gasteiger partial charge in [0.15, 0.2) is 0 Å². The van der Waals surface area contributed by atoms with E-state index in [-0.39, 0.29) is 0 Å². The Bertz CT molecular complexity index is 1180. The molecule has 1 aliphatic rings. The molecule has 0 spiro atoms. The summed E-state index contributed by atoms with van der Waals surface area (Å²) in [4.78, 5) is 15.2. The largest absolute Gasteiger partial charge is 0.354 e. The van der Waals surface area contributed by atoms with Gasteiger partial charge >= 0.3 is 0 Å². The molecule has 152 valence electrons. The average molecular weight is 398 g/mol. The third-order valence-electron chi connectivity index (χ3n) is 5.95. The maximum atomic E-state index is 4.75. The van der Waals surface area contributed by atoms with E-state index in [2.05, 4.69) is 69.6 Å². The highest BCUT2D eigenvalue weighted by Gasteiger charge is 2.14. The zero-order valence-corrected chi connectivity index (χ0v) is 17.8. The molecule has 30 heavy (non-hydrogen) atoms. The van der Waals surface area contributed by atoms with Gasteiger partial charge in [0.1, 0.15) is 5.82 Å². The number of anilines is 1. The van der Waals surface area contributed by atoms with Crippen LogP contribution in [0.2, 0.25) is 0 Å². The molecule has 2 N–H and O–H groups in total. The molecule has 0 radical (unpaired) electrons. The molecule has 0 saturated carbocycles. The van der Waals surface area contributed by atoms with Crippen molar-refractivity contribution in [2.45, 2.75) is 20.8 Å². The number of benzene rings is 1. The second kappa shape index (κ2) is 7.58. The maximum Gasteiger partial charge on any atom is 0.128 e. The summed E-state index contributed by atoms with van der Waals surface area (Å²) < 4.78 is 0. The first kappa shape index (κ1) is 18.8. The topological polar surface area (TPSA) is 56.8 Å². The van der Waals surface area contributed by atoms with Gasteiger partial charge in [-0.2, -0.15) is 0 Å². The molecule has 1 aromatic carbocycles. The molecule has 1 aliphatic heterocycles. The Morgan fingerprint density at radius 1 is 0.833 bits per heavy atom. The second-order valence-corrected chi connectivity index (χ2v) is 8.17. The highest BCUT2D eigenvalue weighted by atomic mass is 15.2. The van der Waals surface area contributed by atoms with E-state index in [1.165, 1.54) is 22.1 Å². The fraction of sp³-hybridized carbons (Fsp3) is 0.280. The van der Waals surface area contributed by atoms with E-state index in [4.69, 9.17) is 4.98 Å². The summed E-state index contributed by atoms with van der Waals surface area (Å²) in [5.41, 5.74) is 9.18. The average Bonchev–Trinajstić information content (AvgIpc) is 3.10. The van der Waals surface area contributed by atoms with E-state index in [1.807, 2.05) is 20.0 Å². The Balaban J connectivity index is 1.50. The van der Waals surface area contributed by atoms with Gasteiger partial charge in [-0.3, -0.25) is 4.98 Å². The number of fused-ring (bicyclic) bond motifs is 1. The van der Waals surface area contributed by atoms with Crippen LogP contribution in [0.4, 0.5) is 5.82 Å². The molecule has 0 unspecified atom stereocenters. The van der Waals surface area contributed by atoms with Gasteiger partial charge in [0.05, 0.1) is 5.69 Å². The van der Waals surface area contributed by atoms with Gasteiger partial charge in [-0.15, -0.1) is 0 Å². The number of nitrogens with one attached hydrogen (secondary N) is 2. The standard InChI is InChI=1S/C25H27N5/c1-16-12-21(13-17(2)28-16)19-4-6-22-18(3)25(29-23(22)14-19)20-5-7-24(27-15-20)30-10-8-26-9-11-30/h4-7,12-15,26,29H,8-11H2,1-3H3. The molecule has 0 aliphatic carbocycles. The van der Waals surface area contributed by atoms with E-state index >= 15 is 0 Å². The van der Waals surface area contributed by atoms with E-state index < -0.39 is 0 Å². The summed E-state index contributed by atoms with van der Waals surface area (Å²) in [5, 5.41) is 4.64. The number of piperazine rings is 1. The van der Waals surface area contributed by atoms with Crippen molar-refractivity contribution >= 4 is 16.7 Å². The summed E-state index contributed by atoms with van der Waals surface area (Å²) in [5.74, 6) is 1.06. The highest BCUT2D eigenvalue weighted by molar-refractivity contribution is 5.93. The predicted molar refractivity (Wildman–Crippen MR) is 124 cm³/mol. The van der Waals surface area contributed by atoms with Crippen molar-refractivity contribution in [3.05, 3.63) is 65.6 Å². The van der Waals surface area contributed by atoms with Crippen molar-refractivity contribution in [3.8, 4) is 22.4 Å². The Morgan fingerprint density at radius 2 is 1.57 bits per heavy atom. The summed E-state index contributed by atoms with van der Waals surface area (Å²) in [6.07, 6.45) is 1.99. The van der Waals surface area contributed by atoms with E-state index in [1.54, 1.807) is 0 Å². The summed E-state index contributed by atoms with van der Waals surface area (Å²) in [7, 11) is 0. The lowest BCUT2D eigenvalue weighted by Crippen LogP contribution is -2.43. The molecule has 4 aromatic rings. The number of H-pyrrole nitrogens is 1. The molecule has 4 heterocycles.